The van der Waals surface area contributed by atoms with Crippen LogP contribution in [0.2, 0.25) is 5.02 Å². The summed E-state index contributed by atoms with van der Waals surface area (Å²) in [6.07, 6.45) is 8.85. The van der Waals surface area contributed by atoms with Gasteiger partial charge >= 0.3 is 13.8 Å². The molecule has 1 aromatic heterocycles. The number of carboxylic acids is 1. The van der Waals surface area contributed by atoms with Gasteiger partial charge in [0.15, 0.2) is 0 Å². The van der Waals surface area contributed by atoms with Crippen molar-refractivity contribution in [3.05, 3.63) is 82.1 Å². The van der Waals surface area contributed by atoms with Crippen LogP contribution in [0.25, 0.3) is 0 Å². The zero-order valence-electron chi connectivity index (χ0n) is 31.1. The first-order valence-corrected chi connectivity index (χ1v) is 20.4. The van der Waals surface area contributed by atoms with Crippen molar-refractivity contribution in [1.82, 2.24) is 4.98 Å². The molecule has 0 radical (unpaired) electrons. The van der Waals surface area contributed by atoms with Crippen LogP contribution in [0.15, 0.2) is 54.7 Å². The van der Waals surface area contributed by atoms with E-state index in [0.29, 0.717) is 59.9 Å². The third-order valence-electron chi connectivity index (χ3n) is 11.5. The van der Waals surface area contributed by atoms with E-state index in [9.17, 15) is 19.4 Å². The predicted octanol–water partition coefficient (Wildman–Crippen LogP) is 8.40. The van der Waals surface area contributed by atoms with Gasteiger partial charge < -0.3 is 24.2 Å². The van der Waals surface area contributed by atoms with Crippen molar-refractivity contribution in [1.29, 1.82) is 0 Å². The quantitative estimate of drug-likeness (QED) is 0.110. The Bertz CT molecular complexity index is 1810. The van der Waals surface area contributed by atoms with E-state index in [1.165, 1.54) is 5.56 Å². The van der Waals surface area contributed by atoms with E-state index in [1.54, 1.807) is 18.2 Å². The third kappa shape index (κ3) is 8.63. The number of phosphoric ester groups is 1. The van der Waals surface area contributed by atoms with E-state index in [-0.39, 0.29) is 29.6 Å². The Labute approximate surface area is 313 Å². The van der Waals surface area contributed by atoms with Gasteiger partial charge in [-0.2, -0.15) is 0 Å². The van der Waals surface area contributed by atoms with E-state index in [0.717, 1.165) is 54.7 Å². The number of ether oxygens (including phenoxy) is 1. The summed E-state index contributed by atoms with van der Waals surface area (Å²) in [5, 5.41) is 14.5. The molecule has 0 saturated heterocycles. The number of aromatic nitrogens is 1. The molecule has 6 rings (SSSR count). The lowest BCUT2D eigenvalue weighted by Crippen LogP contribution is -2.53. The zero-order chi connectivity index (χ0) is 37.3. The van der Waals surface area contributed by atoms with Crippen LogP contribution in [0.1, 0.15) is 87.1 Å². The fraction of sp³-hybridized carbons (Fsp3) is 0.550. The molecule has 12 heteroatoms. The average Bonchev–Trinajstić information content (AvgIpc) is 3.35. The molecule has 10 nitrogen and oxygen atoms in total. The van der Waals surface area contributed by atoms with Crippen LogP contribution in [-0.2, 0) is 32.1 Å². The molecule has 3 N–H and O–H groups in total. The largest absolute Gasteiger partial charge is 0.527 e. The number of aryl methyl sites for hydroxylation is 1. The van der Waals surface area contributed by atoms with Crippen LogP contribution in [0, 0.1) is 11.8 Å². The number of quaternary nitrogens is 1. The van der Waals surface area contributed by atoms with Crippen LogP contribution in [0.4, 0.5) is 5.69 Å². The molecule has 4 atom stereocenters. The van der Waals surface area contributed by atoms with Gasteiger partial charge in [-0.25, -0.2) is 9.36 Å². The number of nitrogens with one attached hydrogen (secondary N) is 1. The summed E-state index contributed by atoms with van der Waals surface area (Å²) in [5.41, 5.74) is 3.77. The van der Waals surface area contributed by atoms with Crippen molar-refractivity contribution in [2.45, 2.75) is 88.5 Å². The lowest BCUT2D eigenvalue weighted by molar-refractivity contribution is -0.870. The minimum absolute atomic E-state index is 0.0757. The summed E-state index contributed by atoms with van der Waals surface area (Å²) in [6.45, 7) is 5.66. The van der Waals surface area contributed by atoms with Crippen molar-refractivity contribution in [3.63, 3.8) is 0 Å². The number of benzene rings is 2. The summed E-state index contributed by atoms with van der Waals surface area (Å²) in [4.78, 5) is 28.2. The third-order valence-corrected chi connectivity index (χ3v) is 12.7. The van der Waals surface area contributed by atoms with Gasteiger partial charge in [0.25, 0.3) is 0 Å². The molecule has 1 fully saturated rings. The monoisotopic (exact) mass is 754 g/mol. The molecule has 3 aromatic rings. The summed E-state index contributed by atoms with van der Waals surface area (Å²) < 4.78 is 31.1. The molecule has 1 saturated carbocycles. The summed E-state index contributed by atoms with van der Waals surface area (Å²) in [6, 6.07) is 14.8. The Morgan fingerprint density at radius 3 is 2.62 bits per heavy atom. The number of hydrogen-bond acceptors (Lipinski definition) is 7. The first kappa shape index (κ1) is 38.6. The number of halogens is 1. The summed E-state index contributed by atoms with van der Waals surface area (Å²) >= 11 is 6.26. The smallest absolute Gasteiger partial charge is 0.493 e. The fourth-order valence-electron chi connectivity index (χ4n) is 8.72. The van der Waals surface area contributed by atoms with Crippen LogP contribution < -0.4 is 14.6 Å². The maximum atomic E-state index is 13.0. The highest BCUT2D eigenvalue weighted by Gasteiger charge is 2.54. The lowest BCUT2D eigenvalue weighted by Gasteiger charge is -2.47. The molecule has 1 heterocycles. The molecule has 1 unspecified atom stereocenters. The number of rotatable bonds is 14. The van der Waals surface area contributed by atoms with Crippen LogP contribution in [-0.4, -0.2) is 71.9 Å². The summed E-state index contributed by atoms with van der Waals surface area (Å²) in [7, 11) is 1.57. The maximum absolute atomic E-state index is 13.0. The standard InChI is InChI=1S/C40H53ClN3O7P/c1-27(26-49-36-14-19-42-35-11-6-8-28(2)37(35)36)22-30-23-29-12-13-33(51-52(47,48)50-21-20-44(3,4)5)25-34(29)39(30)15-17-40(18-16-39,38(45)46)43-32-10-7-9-31(41)24-32/h7,9-10,12-14,19,24-25,27-28,30,43H,6,8,11,15-18,20-23,26H2,1-5H3,(H-,45,46,47,48)/p+1/t27-,28-,30+,39?,40?/m1/s1. The number of nitrogens with zero attached hydrogens (tertiary/aromatic N) is 2. The van der Waals surface area contributed by atoms with E-state index in [4.69, 9.17) is 25.4 Å². The van der Waals surface area contributed by atoms with Crippen molar-refractivity contribution < 1.29 is 37.6 Å². The number of phosphoric acid groups is 1. The Balaban J connectivity index is 1.24. The summed E-state index contributed by atoms with van der Waals surface area (Å²) in [5.74, 6) is 1.16. The van der Waals surface area contributed by atoms with Gasteiger partial charge in [0.1, 0.15) is 30.2 Å². The zero-order valence-corrected chi connectivity index (χ0v) is 32.7. The Morgan fingerprint density at radius 2 is 1.90 bits per heavy atom. The van der Waals surface area contributed by atoms with Gasteiger partial charge in [-0.15, -0.1) is 0 Å². The molecule has 0 aliphatic heterocycles. The highest BCUT2D eigenvalue weighted by atomic mass is 35.5. The molecule has 282 valence electrons. The Morgan fingerprint density at radius 1 is 1.13 bits per heavy atom. The fourth-order valence-corrected chi connectivity index (χ4v) is 9.66. The second-order valence-corrected chi connectivity index (χ2v) is 18.2. The second-order valence-electron chi connectivity index (χ2n) is 16.4. The van der Waals surface area contributed by atoms with Gasteiger partial charge in [0.05, 0.1) is 27.7 Å². The Kier molecular flexibility index (Phi) is 11.4. The van der Waals surface area contributed by atoms with E-state index < -0.39 is 19.3 Å². The number of fused-ring (bicyclic) bond motifs is 3. The molecule has 3 aliphatic rings. The molecule has 1 spiro atoms. The number of aliphatic carboxylic acids is 1. The van der Waals surface area contributed by atoms with Gasteiger partial charge in [0, 0.05) is 28.2 Å². The lowest BCUT2D eigenvalue weighted by atomic mass is 9.59. The predicted molar refractivity (Wildman–Crippen MR) is 203 cm³/mol. The maximum Gasteiger partial charge on any atom is 0.527 e. The second kappa shape index (κ2) is 15.3. The SMILES string of the molecule is C[C@@H](COc1ccnc2c1[C@H](C)CCC2)C[C@H]1Cc2ccc(OP(=O)(O)OCC[N+](C)(C)C)cc2C12CCC(Nc1cccc(Cl)c1)(C(=O)O)CC2. The number of likely N-dealkylation sites (N-methyl/N-ethyl adjacent to an activating group) is 1. The number of anilines is 1. The molecule has 52 heavy (non-hydrogen) atoms. The van der Waals surface area contributed by atoms with Gasteiger partial charge in [-0.3, -0.25) is 14.4 Å². The van der Waals surface area contributed by atoms with E-state index >= 15 is 0 Å². The minimum atomic E-state index is -4.37. The first-order chi connectivity index (χ1) is 24.6. The Hall–Kier alpha value is -3.14. The molecule has 3 aliphatic carbocycles. The van der Waals surface area contributed by atoms with Crippen LogP contribution >= 0.6 is 19.4 Å². The molecule has 0 bridgehead atoms. The van der Waals surface area contributed by atoms with Crippen molar-refractivity contribution in [3.8, 4) is 11.5 Å². The van der Waals surface area contributed by atoms with Crippen molar-refractivity contribution >= 4 is 31.1 Å². The van der Waals surface area contributed by atoms with Crippen LogP contribution in [0.5, 0.6) is 11.5 Å². The van der Waals surface area contributed by atoms with Gasteiger partial charge in [-0.05, 0) is 128 Å². The number of hydrogen-bond donors (Lipinski definition) is 3. The van der Waals surface area contributed by atoms with Gasteiger partial charge in [-0.1, -0.05) is 37.6 Å². The molecule has 0 amide bonds. The number of pyridine rings is 1. The molecular weight excluding hydrogens is 701 g/mol. The minimum Gasteiger partial charge on any atom is -0.493 e. The molecular formula is C40H54ClN3O7P+. The first-order valence-electron chi connectivity index (χ1n) is 18.6. The van der Waals surface area contributed by atoms with E-state index in [1.807, 2.05) is 57.7 Å². The van der Waals surface area contributed by atoms with Crippen molar-refractivity contribution in [2.75, 3.05) is 46.2 Å². The van der Waals surface area contributed by atoms with E-state index in [2.05, 4.69) is 24.1 Å². The van der Waals surface area contributed by atoms with Crippen molar-refractivity contribution in [2.24, 2.45) is 11.8 Å². The van der Waals surface area contributed by atoms with Gasteiger partial charge in [0.2, 0.25) is 0 Å². The van der Waals surface area contributed by atoms with Crippen LogP contribution in [0.3, 0.4) is 0 Å². The normalized spacial score (nSPS) is 25.8. The highest BCUT2D eigenvalue weighted by molar-refractivity contribution is 7.47. The average molecular weight is 755 g/mol. The topological polar surface area (TPSA) is 127 Å². The molecule has 2 aromatic carbocycles. The number of carboxylic acid groups (broad SMARTS) is 1. The highest BCUT2D eigenvalue weighted by Crippen LogP contribution is 2.57. The number of carbonyl (C=O) groups is 1.